The zero-order chi connectivity index (χ0) is 12.0. The predicted octanol–water partition coefficient (Wildman–Crippen LogP) is 1.16. The van der Waals surface area contributed by atoms with E-state index < -0.39 is 0 Å². The summed E-state index contributed by atoms with van der Waals surface area (Å²) in [5.74, 6) is 0.487. The van der Waals surface area contributed by atoms with Crippen LogP contribution in [0.5, 0.6) is 5.75 Å². The molecule has 0 aliphatic carbocycles. The van der Waals surface area contributed by atoms with Crippen molar-refractivity contribution in [3.8, 4) is 5.75 Å². The van der Waals surface area contributed by atoms with Crippen molar-refractivity contribution in [1.29, 1.82) is 0 Å². The molecule has 0 unspecified atom stereocenters. The summed E-state index contributed by atoms with van der Waals surface area (Å²) in [6.07, 6.45) is 0. The first-order chi connectivity index (χ1) is 7.69. The number of methoxy groups -OCH3 is 1. The van der Waals surface area contributed by atoms with Crippen molar-refractivity contribution in [3.05, 3.63) is 29.3 Å². The van der Waals surface area contributed by atoms with Crippen molar-refractivity contribution in [2.24, 2.45) is 5.73 Å². The quantitative estimate of drug-likeness (QED) is 0.580. The highest BCUT2D eigenvalue weighted by atomic mass is 16.5. The lowest BCUT2D eigenvalue weighted by molar-refractivity contribution is 0.0771. The SMILES string of the molecule is COc1ccc(C)cc1C(=O)COCCN. The van der Waals surface area contributed by atoms with Crippen molar-refractivity contribution in [2.45, 2.75) is 6.92 Å². The lowest BCUT2D eigenvalue weighted by atomic mass is 10.1. The number of Topliss-reactive ketones (excluding diaryl/α,β-unsaturated/α-hetero) is 1. The Balaban J connectivity index is 2.76. The van der Waals surface area contributed by atoms with Gasteiger partial charge in [-0.25, -0.2) is 0 Å². The number of nitrogens with two attached hydrogens (primary N) is 1. The van der Waals surface area contributed by atoms with Crippen molar-refractivity contribution in [2.75, 3.05) is 26.9 Å². The highest BCUT2D eigenvalue weighted by Crippen LogP contribution is 2.20. The monoisotopic (exact) mass is 223 g/mol. The fourth-order valence-corrected chi connectivity index (χ4v) is 1.37. The molecule has 16 heavy (non-hydrogen) atoms. The molecule has 0 fully saturated rings. The third-order valence-electron chi connectivity index (χ3n) is 2.15. The fraction of sp³-hybridized carbons (Fsp3) is 0.417. The summed E-state index contributed by atoms with van der Waals surface area (Å²) in [5.41, 5.74) is 6.84. The maximum Gasteiger partial charge on any atom is 0.192 e. The highest BCUT2D eigenvalue weighted by Gasteiger charge is 2.12. The number of carbonyl (C=O) groups is 1. The van der Waals surface area contributed by atoms with E-state index in [2.05, 4.69) is 0 Å². The number of ether oxygens (including phenoxy) is 2. The van der Waals surface area contributed by atoms with E-state index in [1.54, 1.807) is 19.2 Å². The number of benzene rings is 1. The first kappa shape index (κ1) is 12.7. The van der Waals surface area contributed by atoms with Gasteiger partial charge in [0.25, 0.3) is 0 Å². The molecule has 0 heterocycles. The van der Waals surface area contributed by atoms with Crippen LogP contribution in [0.2, 0.25) is 0 Å². The Labute approximate surface area is 95.3 Å². The van der Waals surface area contributed by atoms with E-state index in [0.717, 1.165) is 5.56 Å². The van der Waals surface area contributed by atoms with Gasteiger partial charge >= 0.3 is 0 Å². The molecule has 88 valence electrons. The lowest BCUT2D eigenvalue weighted by Gasteiger charge is -2.08. The molecule has 1 aromatic rings. The van der Waals surface area contributed by atoms with Gasteiger partial charge in [-0.3, -0.25) is 4.79 Å². The second-order valence-electron chi connectivity index (χ2n) is 3.47. The van der Waals surface area contributed by atoms with Crippen LogP contribution in [0.25, 0.3) is 0 Å². The Bertz CT molecular complexity index is 363. The summed E-state index contributed by atoms with van der Waals surface area (Å²) < 4.78 is 10.2. The molecular weight excluding hydrogens is 206 g/mol. The van der Waals surface area contributed by atoms with Crippen LogP contribution in [0.3, 0.4) is 0 Å². The Morgan fingerprint density at radius 2 is 2.19 bits per heavy atom. The molecule has 0 bridgehead atoms. The van der Waals surface area contributed by atoms with Gasteiger partial charge in [0.05, 0.1) is 19.3 Å². The maximum absolute atomic E-state index is 11.8. The van der Waals surface area contributed by atoms with Gasteiger partial charge in [0.1, 0.15) is 12.4 Å². The molecule has 0 aliphatic rings. The van der Waals surface area contributed by atoms with Crippen molar-refractivity contribution < 1.29 is 14.3 Å². The topological polar surface area (TPSA) is 61.5 Å². The summed E-state index contributed by atoms with van der Waals surface area (Å²) in [5, 5.41) is 0. The molecule has 1 aromatic carbocycles. The third-order valence-corrected chi connectivity index (χ3v) is 2.15. The molecule has 0 aromatic heterocycles. The summed E-state index contributed by atoms with van der Waals surface area (Å²) in [6.45, 7) is 2.77. The molecule has 0 saturated carbocycles. The number of rotatable bonds is 6. The highest BCUT2D eigenvalue weighted by molar-refractivity contribution is 5.99. The first-order valence-electron chi connectivity index (χ1n) is 5.14. The smallest absolute Gasteiger partial charge is 0.192 e. The van der Waals surface area contributed by atoms with Crippen LogP contribution in [0.15, 0.2) is 18.2 Å². The molecule has 1 rings (SSSR count). The van der Waals surface area contributed by atoms with E-state index in [1.165, 1.54) is 0 Å². The van der Waals surface area contributed by atoms with Gasteiger partial charge in [-0.2, -0.15) is 0 Å². The largest absolute Gasteiger partial charge is 0.496 e. The summed E-state index contributed by atoms with van der Waals surface area (Å²) in [6, 6.07) is 5.48. The second-order valence-corrected chi connectivity index (χ2v) is 3.47. The zero-order valence-corrected chi connectivity index (χ0v) is 9.66. The molecule has 0 atom stereocenters. The number of aryl methyl sites for hydroxylation is 1. The van der Waals surface area contributed by atoms with Crippen LogP contribution >= 0.6 is 0 Å². The fourth-order valence-electron chi connectivity index (χ4n) is 1.37. The van der Waals surface area contributed by atoms with E-state index in [1.807, 2.05) is 13.0 Å². The minimum absolute atomic E-state index is 0.0387. The van der Waals surface area contributed by atoms with Gasteiger partial charge in [0, 0.05) is 6.54 Å². The van der Waals surface area contributed by atoms with Crippen LogP contribution in [-0.4, -0.2) is 32.7 Å². The molecule has 2 N–H and O–H groups in total. The standard InChI is InChI=1S/C12H17NO3/c1-9-3-4-12(15-2)10(7-9)11(14)8-16-6-5-13/h3-4,7H,5-6,8,13H2,1-2H3. The minimum atomic E-state index is -0.0889. The van der Waals surface area contributed by atoms with Crippen LogP contribution in [0.4, 0.5) is 0 Å². The maximum atomic E-state index is 11.8. The van der Waals surface area contributed by atoms with E-state index in [0.29, 0.717) is 24.5 Å². The minimum Gasteiger partial charge on any atom is -0.496 e. The second kappa shape index (κ2) is 6.25. The lowest BCUT2D eigenvalue weighted by Crippen LogP contribution is -2.15. The molecular formula is C12H17NO3. The van der Waals surface area contributed by atoms with Crippen molar-refractivity contribution in [3.63, 3.8) is 0 Å². The first-order valence-corrected chi connectivity index (χ1v) is 5.14. The van der Waals surface area contributed by atoms with Crippen molar-refractivity contribution >= 4 is 5.78 Å². The molecule has 0 radical (unpaired) electrons. The van der Waals surface area contributed by atoms with E-state index >= 15 is 0 Å². The Morgan fingerprint density at radius 3 is 2.81 bits per heavy atom. The average molecular weight is 223 g/mol. The third kappa shape index (κ3) is 3.32. The van der Waals surface area contributed by atoms with Gasteiger partial charge < -0.3 is 15.2 Å². The van der Waals surface area contributed by atoms with Crippen LogP contribution in [0, 0.1) is 6.92 Å². The molecule has 0 saturated heterocycles. The molecule has 0 amide bonds. The predicted molar refractivity (Wildman–Crippen MR) is 61.9 cm³/mol. The van der Waals surface area contributed by atoms with Crippen molar-refractivity contribution in [1.82, 2.24) is 0 Å². The van der Waals surface area contributed by atoms with Gasteiger partial charge in [-0.05, 0) is 19.1 Å². The van der Waals surface area contributed by atoms with Gasteiger partial charge in [0.15, 0.2) is 5.78 Å². The number of carbonyl (C=O) groups excluding carboxylic acids is 1. The molecule has 4 nitrogen and oxygen atoms in total. The van der Waals surface area contributed by atoms with Gasteiger partial charge in [0.2, 0.25) is 0 Å². The Kier molecular flexibility index (Phi) is 4.95. The summed E-state index contributed by atoms with van der Waals surface area (Å²) in [7, 11) is 1.54. The Hall–Kier alpha value is -1.39. The Morgan fingerprint density at radius 1 is 1.44 bits per heavy atom. The normalized spacial score (nSPS) is 10.2. The van der Waals surface area contributed by atoms with E-state index in [9.17, 15) is 4.79 Å². The van der Waals surface area contributed by atoms with Gasteiger partial charge in [-0.15, -0.1) is 0 Å². The molecule has 0 spiro atoms. The van der Waals surface area contributed by atoms with Crippen LogP contribution < -0.4 is 10.5 Å². The summed E-state index contributed by atoms with van der Waals surface area (Å²) in [4.78, 5) is 11.8. The van der Waals surface area contributed by atoms with Gasteiger partial charge in [-0.1, -0.05) is 11.6 Å². The summed E-state index contributed by atoms with van der Waals surface area (Å²) >= 11 is 0. The molecule has 4 heteroatoms. The molecule has 0 aliphatic heterocycles. The van der Waals surface area contributed by atoms with E-state index in [4.69, 9.17) is 15.2 Å². The number of hydrogen-bond acceptors (Lipinski definition) is 4. The number of ketones is 1. The average Bonchev–Trinajstić information content (AvgIpc) is 2.29. The van der Waals surface area contributed by atoms with E-state index in [-0.39, 0.29) is 12.4 Å². The zero-order valence-electron chi connectivity index (χ0n) is 9.66. The van der Waals surface area contributed by atoms with Crippen LogP contribution in [-0.2, 0) is 4.74 Å². The number of hydrogen-bond donors (Lipinski definition) is 1. The van der Waals surface area contributed by atoms with Crippen LogP contribution in [0.1, 0.15) is 15.9 Å².